The maximum atomic E-state index is 12.8. The van der Waals surface area contributed by atoms with Crippen LogP contribution < -0.4 is 5.32 Å². The van der Waals surface area contributed by atoms with Crippen LogP contribution in [0.2, 0.25) is 0 Å². The molecule has 1 spiro atoms. The number of esters is 1. The van der Waals surface area contributed by atoms with Crippen molar-refractivity contribution in [3.05, 3.63) is 107 Å². The molecule has 0 unspecified atom stereocenters. The van der Waals surface area contributed by atoms with Crippen molar-refractivity contribution in [3.63, 3.8) is 0 Å². The third-order valence-electron chi connectivity index (χ3n) is 6.54. The minimum atomic E-state index is -0.758. The molecule has 3 aromatic carbocycles. The fourth-order valence-electron chi connectivity index (χ4n) is 5.53. The molecule has 2 fully saturated rings. The summed E-state index contributed by atoms with van der Waals surface area (Å²) in [6, 6.07) is 28.8. The van der Waals surface area contributed by atoms with Crippen LogP contribution in [0, 0.1) is 0 Å². The lowest BCUT2D eigenvalue weighted by Crippen LogP contribution is -2.67. The highest BCUT2D eigenvalue weighted by molar-refractivity contribution is 5.89. The quantitative estimate of drug-likeness (QED) is 0.672. The van der Waals surface area contributed by atoms with Gasteiger partial charge in [0.25, 0.3) is 0 Å². The number of hydrogen-bond acceptors (Lipinski definition) is 3. The minimum absolute atomic E-state index is 0.0526. The zero-order valence-electron chi connectivity index (χ0n) is 15.3. The molecular weight excluding hydrogens is 346 g/mol. The lowest BCUT2D eigenvalue weighted by molar-refractivity contribution is -0.151. The standard InChI is InChI=1S/C25H19NO2/c27-22-16-24-19-13-7-8-14-21(19)26-23(24)20(15-17-9-3-1-4-10-17)25(24,28-22)18-11-5-2-6-12-18/h1-15,23,26H,16H2/b20-15+/t23-,24-,25-/m0/s1. The van der Waals surface area contributed by atoms with Crippen molar-refractivity contribution in [1.82, 2.24) is 0 Å². The Bertz CT molecular complexity index is 1120. The Kier molecular flexibility index (Phi) is 3.00. The lowest BCUT2D eigenvalue weighted by Gasteiger charge is -2.57. The fourth-order valence-corrected chi connectivity index (χ4v) is 5.53. The number of ether oxygens (including phenoxy) is 1. The van der Waals surface area contributed by atoms with Crippen LogP contribution >= 0.6 is 0 Å². The molecular formula is C25H19NO2. The summed E-state index contributed by atoms with van der Waals surface area (Å²) in [4.78, 5) is 12.8. The van der Waals surface area contributed by atoms with Gasteiger partial charge in [-0.1, -0.05) is 78.9 Å². The van der Waals surface area contributed by atoms with Crippen molar-refractivity contribution in [2.45, 2.75) is 23.5 Å². The van der Waals surface area contributed by atoms with Crippen molar-refractivity contribution in [1.29, 1.82) is 0 Å². The van der Waals surface area contributed by atoms with Crippen molar-refractivity contribution in [3.8, 4) is 0 Å². The van der Waals surface area contributed by atoms with Crippen LogP contribution in [-0.4, -0.2) is 12.0 Å². The maximum Gasteiger partial charge on any atom is 0.308 e. The monoisotopic (exact) mass is 365 g/mol. The summed E-state index contributed by atoms with van der Waals surface area (Å²) in [5, 5.41) is 3.68. The van der Waals surface area contributed by atoms with E-state index >= 15 is 0 Å². The summed E-state index contributed by atoms with van der Waals surface area (Å²) in [6.07, 6.45) is 2.58. The van der Waals surface area contributed by atoms with Gasteiger partial charge in [0, 0.05) is 16.8 Å². The first-order valence-electron chi connectivity index (χ1n) is 9.66. The number of nitrogens with one attached hydrogen (secondary N) is 1. The Morgan fingerprint density at radius 1 is 0.893 bits per heavy atom. The molecule has 6 rings (SSSR count). The van der Waals surface area contributed by atoms with Gasteiger partial charge in [-0.05, 0) is 23.3 Å². The van der Waals surface area contributed by atoms with Gasteiger partial charge in [0.2, 0.25) is 0 Å². The normalized spacial score (nSPS) is 30.6. The second-order valence-electron chi connectivity index (χ2n) is 7.80. The molecule has 3 aromatic rings. The van der Waals surface area contributed by atoms with E-state index < -0.39 is 11.0 Å². The summed E-state index contributed by atoms with van der Waals surface area (Å²) in [5.74, 6) is -0.135. The molecule has 0 radical (unpaired) electrons. The molecule has 2 heterocycles. The molecule has 2 aliphatic heterocycles. The average molecular weight is 365 g/mol. The summed E-state index contributed by atoms with van der Waals surface area (Å²) in [6.45, 7) is 0. The molecule has 1 saturated carbocycles. The number of carbonyl (C=O) groups is 1. The second kappa shape index (κ2) is 5.35. The highest BCUT2D eigenvalue weighted by Crippen LogP contribution is 2.72. The van der Waals surface area contributed by atoms with E-state index in [2.05, 4.69) is 53.9 Å². The molecule has 3 atom stereocenters. The van der Waals surface area contributed by atoms with Gasteiger partial charge in [-0.3, -0.25) is 4.79 Å². The van der Waals surface area contributed by atoms with Gasteiger partial charge in [-0.25, -0.2) is 0 Å². The Hall–Kier alpha value is -3.33. The van der Waals surface area contributed by atoms with E-state index in [1.54, 1.807) is 0 Å². The molecule has 0 amide bonds. The highest BCUT2D eigenvalue weighted by Gasteiger charge is 2.79. The van der Waals surface area contributed by atoms with Gasteiger partial charge >= 0.3 is 5.97 Å². The number of hydrogen-bond donors (Lipinski definition) is 1. The topological polar surface area (TPSA) is 38.3 Å². The van der Waals surface area contributed by atoms with Crippen molar-refractivity contribution >= 4 is 17.7 Å². The Morgan fingerprint density at radius 3 is 2.36 bits per heavy atom. The minimum Gasteiger partial charge on any atom is -0.448 e. The van der Waals surface area contributed by atoms with E-state index in [9.17, 15) is 4.79 Å². The molecule has 3 heteroatoms. The van der Waals surface area contributed by atoms with Gasteiger partial charge < -0.3 is 10.1 Å². The Morgan fingerprint density at radius 2 is 1.57 bits per heavy atom. The second-order valence-corrected chi connectivity index (χ2v) is 7.80. The maximum absolute atomic E-state index is 12.8. The van der Waals surface area contributed by atoms with Crippen LogP contribution in [0.3, 0.4) is 0 Å². The first-order valence-corrected chi connectivity index (χ1v) is 9.66. The molecule has 3 aliphatic rings. The van der Waals surface area contributed by atoms with E-state index in [1.165, 1.54) is 5.56 Å². The highest BCUT2D eigenvalue weighted by atomic mass is 16.6. The van der Waals surface area contributed by atoms with Crippen LogP contribution in [0.1, 0.15) is 23.1 Å². The van der Waals surface area contributed by atoms with Gasteiger partial charge in [-0.2, -0.15) is 0 Å². The van der Waals surface area contributed by atoms with Crippen LogP contribution in [-0.2, 0) is 20.5 Å². The summed E-state index contributed by atoms with van der Waals surface area (Å²) in [5.41, 5.74) is 4.39. The zero-order chi connectivity index (χ0) is 18.8. The average Bonchev–Trinajstić information content (AvgIpc) is 3.19. The summed E-state index contributed by atoms with van der Waals surface area (Å²) >= 11 is 0. The van der Waals surface area contributed by atoms with E-state index in [0.29, 0.717) is 6.42 Å². The Balaban J connectivity index is 1.65. The smallest absolute Gasteiger partial charge is 0.308 e. The summed E-state index contributed by atoms with van der Waals surface area (Å²) < 4.78 is 6.23. The largest absolute Gasteiger partial charge is 0.448 e. The van der Waals surface area contributed by atoms with Crippen LogP contribution in [0.15, 0.2) is 90.5 Å². The Labute approximate surface area is 163 Å². The lowest BCUT2D eigenvalue weighted by atomic mass is 9.47. The SMILES string of the molecule is O=C1C[C@]23c4ccccc4N[C@H]2/C(=C\c2ccccc2)[C@]3(c2ccccc2)O1. The summed E-state index contributed by atoms with van der Waals surface area (Å²) in [7, 11) is 0. The van der Waals surface area contributed by atoms with Gasteiger partial charge in [0.1, 0.15) is 0 Å². The number of fused-ring (bicyclic) bond motifs is 1. The van der Waals surface area contributed by atoms with Crippen LogP contribution in [0.5, 0.6) is 0 Å². The zero-order valence-corrected chi connectivity index (χ0v) is 15.3. The van der Waals surface area contributed by atoms with Crippen molar-refractivity contribution in [2.24, 2.45) is 0 Å². The number of anilines is 1. The van der Waals surface area contributed by atoms with Crippen molar-refractivity contribution in [2.75, 3.05) is 5.32 Å². The predicted molar refractivity (Wildman–Crippen MR) is 109 cm³/mol. The van der Waals surface area contributed by atoms with E-state index in [4.69, 9.17) is 4.74 Å². The van der Waals surface area contributed by atoms with Crippen LogP contribution in [0.4, 0.5) is 5.69 Å². The van der Waals surface area contributed by atoms with E-state index in [-0.39, 0.29) is 12.0 Å². The van der Waals surface area contributed by atoms with E-state index in [0.717, 1.165) is 22.4 Å². The molecule has 1 saturated heterocycles. The van der Waals surface area contributed by atoms with Crippen molar-refractivity contribution < 1.29 is 9.53 Å². The van der Waals surface area contributed by atoms with Crippen LogP contribution in [0.25, 0.3) is 6.08 Å². The van der Waals surface area contributed by atoms with Gasteiger partial charge in [-0.15, -0.1) is 0 Å². The fraction of sp³-hybridized carbons (Fsp3) is 0.160. The third-order valence-corrected chi connectivity index (χ3v) is 6.54. The number of rotatable bonds is 2. The number of carbonyl (C=O) groups excluding carboxylic acids is 1. The van der Waals surface area contributed by atoms with Gasteiger partial charge in [0.15, 0.2) is 5.60 Å². The third kappa shape index (κ3) is 1.72. The number of para-hydroxylation sites is 1. The van der Waals surface area contributed by atoms with E-state index in [1.807, 2.05) is 42.5 Å². The molecule has 0 bridgehead atoms. The molecule has 1 N–H and O–H groups in total. The first-order chi connectivity index (χ1) is 13.8. The molecule has 0 aromatic heterocycles. The molecule has 28 heavy (non-hydrogen) atoms. The van der Waals surface area contributed by atoms with Gasteiger partial charge in [0.05, 0.1) is 17.9 Å². The predicted octanol–water partition coefficient (Wildman–Crippen LogP) is 4.66. The number of benzene rings is 3. The first kappa shape index (κ1) is 15.7. The molecule has 136 valence electrons. The molecule has 1 aliphatic carbocycles. The molecule has 3 nitrogen and oxygen atoms in total.